The average molecular weight is 438 g/mol. The molecule has 0 atom stereocenters. The second-order valence-electron chi connectivity index (χ2n) is 7.71. The minimum atomic E-state index is -4.42. The molecule has 2 aromatic carbocycles. The van der Waals surface area contributed by atoms with E-state index in [2.05, 4.69) is 28.7 Å². The molecular formula is C25H25F3N4. The SMILES string of the molecule is CCCN(CCC)c1ncnc2c1c(-c1ccccc1)cn2-c1cccc(C(F)(F)F)c1. The van der Waals surface area contributed by atoms with Gasteiger partial charge in [-0.15, -0.1) is 0 Å². The number of aromatic nitrogens is 3. The van der Waals surface area contributed by atoms with Crippen molar-refractivity contribution in [2.75, 3.05) is 18.0 Å². The first-order valence-corrected chi connectivity index (χ1v) is 10.8. The second kappa shape index (κ2) is 9.02. The molecule has 0 aliphatic heterocycles. The molecule has 0 saturated carbocycles. The van der Waals surface area contributed by atoms with Gasteiger partial charge in [0.15, 0.2) is 5.65 Å². The highest BCUT2D eigenvalue weighted by Crippen LogP contribution is 2.38. The number of halogens is 3. The van der Waals surface area contributed by atoms with Gasteiger partial charge < -0.3 is 9.47 Å². The van der Waals surface area contributed by atoms with Gasteiger partial charge in [-0.2, -0.15) is 13.2 Å². The number of nitrogens with zero attached hydrogens (tertiary/aromatic N) is 4. The monoisotopic (exact) mass is 438 g/mol. The fourth-order valence-corrected chi connectivity index (χ4v) is 4.01. The summed E-state index contributed by atoms with van der Waals surface area (Å²) >= 11 is 0. The quantitative estimate of drug-likeness (QED) is 0.321. The largest absolute Gasteiger partial charge is 0.416 e. The summed E-state index contributed by atoms with van der Waals surface area (Å²) in [5.74, 6) is 0.809. The van der Waals surface area contributed by atoms with Crippen LogP contribution >= 0.6 is 0 Å². The zero-order valence-electron chi connectivity index (χ0n) is 18.1. The normalized spacial score (nSPS) is 11.8. The number of alkyl halides is 3. The minimum absolute atomic E-state index is 0.411. The van der Waals surface area contributed by atoms with Gasteiger partial charge >= 0.3 is 6.18 Å². The van der Waals surface area contributed by atoms with Crippen LogP contribution in [0, 0.1) is 0 Å². The van der Waals surface area contributed by atoms with E-state index in [0.29, 0.717) is 11.3 Å². The zero-order chi connectivity index (χ0) is 22.7. The van der Waals surface area contributed by atoms with Crippen LogP contribution in [0.25, 0.3) is 27.8 Å². The van der Waals surface area contributed by atoms with Crippen molar-refractivity contribution in [2.24, 2.45) is 0 Å². The van der Waals surface area contributed by atoms with Gasteiger partial charge in [0.25, 0.3) is 0 Å². The summed E-state index contributed by atoms with van der Waals surface area (Å²) < 4.78 is 41.8. The molecule has 2 aromatic heterocycles. The van der Waals surface area contributed by atoms with Crippen LogP contribution in [-0.2, 0) is 6.18 Å². The maximum absolute atomic E-state index is 13.4. The van der Waals surface area contributed by atoms with Crippen LogP contribution < -0.4 is 4.90 Å². The van der Waals surface area contributed by atoms with Gasteiger partial charge in [0.2, 0.25) is 0 Å². The molecule has 0 bridgehead atoms. The fraction of sp³-hybridized carbons (Fsp3) is 0.280. The van der Waals surface area contributed by atoms with Gasteiger partial charge in [0.1, 0.15) is 12.1 Å². The molecule has 0 N–H and O–H groups in total. The summed E-state index contributed by atoms with van der Waals surface area (Å²) in [5, 5.41) is 0.845. The van der Waals surface area contributed by atoms with Gasteiger partial charge in [0, 0.05) is 30.5 Å². The van der Waals surface area contributed by atoms with Crippen LogP contribution in [0.15, 0.2) is 67.1 Å². The summed E-state index contributed by atoms with van der Waals surface area (Å²) in [6.07, 6.45) is 0.861. The third kappa shape index (κ3) is 4.20. The van der Waals surface area contributed by atoms with E-state index in [-0.39, 0.29) is 0 Å². The van der Waals surface area contributed by atoms with Crippen LogP contribution in [0.3, 0.4) is 0 Å². The van der Waals surface area contributed by atoms with E-state index in [4.69, 9.17) is 0 Å². The van der Waals surface area contributed by atoms with E-state index in [0.717, 1.165) is 60.4 Å². The lowest BCUT2D eigenvalue weighted by Crippen LogP contribution is -2.26. The Morgan fingerprint density at radius 2 is 1.62 bits per heavy atom. The van der Waals surface area contributed by atoms with E-state index in [9.17, 15) is 13.2 Å². The number of rotatable bonds is 7. The van der Waals surface area contributed by atoms with Crippen LogP contribution in [-0.4, -0.2) is 27.6 Å². The molecule has 4 aromatic rings. The molecule has 7 heteroatoms. The van der Waals surface area contributed by atoms with E-state index in [1.165, 1.54) is 12.4 Å². The molecule has 4 rings (SSSR count). The number of anilines is 1. The van der Waals surface area contributed by atoms with E-state index < -0.39 is 11.7 Å². The molecular weight excluding hydrogens is 413 g/mol. The highest BCUT2D eigenvalue weighted by Gasteiger charge is 2.31. The Hall–Kier alpha value is -3.35. The van der Waals surface area contributed by atoms with Crippen LogP contribution in [0.2, 0.25) is 0 Å². The molecule has 0 amide bonds. The predicted octanol–water partition coefficient (Wildman–Crippen LogP) is 6.73. The van der Waals surface area contributed by atoms with Gasteiger partial charge in [-0.05, 0) is 36.6 Å². The third-order valence-corrected chi connectivity index (χ3v) is 5.39. The van der Waals surface area contributed by atoms with Crippen molar-refractivity contribution < 1.29 is 13.2 Å². The molecule has 4 nitrogen and oxygen atoms in total. The fourth-order valence-electron chi connectivity index (χ4n) is 4.01. The zero-order valence-corrected chi connectivity index (χ0v) is 18.1. The summed E-state index contributed by atoms with van der Waals surface area (Å²) in [4.78, 5) is 11.3. The van der Waals surface area contributed by atoms with E-state index in [1.54, 1.807) is 10.6 Å². The molecule has 0 spiro atoms. The molecule has 32 heavy (non-hydrogen) atoms. The Labute approximate surface area is 185 Å². The molecule has 0 fully saturated rings. The van der Waals surface area contributed by atoms with Crippen molar-refractivity contribution in [1.82, 2.24) is 14.5 Å². The first-order chi connectivity index (χ1) is 15.4. The molecule has 0 aliphatic carbocycles. The molecule has 0 radical (unpaired) electrons. The second-order valence-corrected chi connectivity index (χ2v) is 7.71. The van der Waals surface area contributed by atoms with E-state index >= 15 is 0 Å². The van der Waals surface area contributed by atoms with Crippen molar-refractivity contribution in [1.29, 1.82) is 0 Å². The first kappa shape index (κ1) is 21.9. The molecule has 2 heterocycles. The summed E-state index contributed by atoms with van der Waals surface area (Å²) in [7, 11) is 0. The van der Waals surface area contributed by atoms with Crippen LogP contribution in [0.1, 0.15) is 32.3 Å². The maximum Gasteiger partial charge on any atom is 0.416 e. The van der Waals surface area contributed by atoms with E-state index in [1.807, 2.05) is 36.5 Å². The number of fused-ring (bicyclic) bond motifs is 1. The Morgan fingerprint density at radius 1 is 0.906 bits per heavy atom. The van der Waals surface area contributed by atoms with Gasteiger partial charge in [-0.3, -0.25) is 0 Å². The minimum Gasteiger partial charge on any atom is -0.356 e. The molecule has 0 aliphatic rings. The highest BCUT2D eigenvalue weighted by atomic mass is 19.4. The number of hydrogen-bond acceptors (Lipinski definition) is 3. The first-order valence-electron chi connectivity index (χ1n) is 10.8. The van der Waals surface area contributed by atoms with Crippen molar-refractivity contribution >= 4 is 16.9 Å². The Bertz CT molecular complexity index is 1190. The smallest absolute Gasteiger partial charge is 0.356 e. The average Bonchev–Trinajstić information content (AvgIpc) is 3.19. The predicted molar refractivity (Wildman–Crippen MR) is 122 cm³/mol. The molecule has 0 saturated heterocycles. The standard InChI is InChI=1S/C25H25F3N4/c1-3-13-31(14-4-2)23-22-21(18-9-6-5-7-10-18)16-32(24(22)30-17-29-23)20-12-8-11-19(15-20)25(26,27)28/h5-12,15-17H,3-4,13-14H2,1-2H3. The van der Waals surface area contributed by atoms with Crippen molar-refractivity contribution in [2.45, 2.75) is 32.9 Å². The lowest BCUT2D eigenvalue weighted by molar-refractivity contribution is -0.137. The van der Waals surface area contributed by atoms with Gasteiger partial charge in [-0.1, -0.05) is 50.2 Å². The molecule has 0 unspecified atom stereocenters. The Morgan fingerprint density at radius 3 is 2.28 bits per heavy atom. The topological polar surface area (TPSA) is 34.0 Å². The van der Waals surface area contributed by atoms with Gasteiger partial charge in [0.05, 0.1) is 10.9 Å². The summed E-state index contributed by atoms with van der Waals surface area (Å²) in [6, 6.07) is 15.1. The third-order valence-electron chi connectivity index (χ3n) is 5.39. The van der Waals surface area contributed by atoms with Crippen LogP contribution in [0.5, 0.6) is 0 Å². The highest BCUT2D eigenvalue weighted by molar-refractivity contribution is 6.02. The van der Waals surface area contributed by atoms with Crippen molar-refractivity contribution in [3.8, 4) is 16.8 Å². The number of benzene rings is 2. The molecule has 166 valence electrons. The number of hydrogen-bond donors (Lipinski definition) is 0. The Kier molecular flexibility index (Phi) is 6.17. The maximum atomic E-state index is 13.4. The summed E-state index contributed by atoms with van der Waals surface area (Å²) in [5.41, 5.74) is 2.17. The lowest BCUT2D eigenvalue weighted by atomic mass is 10.1. The van der Waals surface area contributed by atoms with Gasteiger partial charge in [-0.25, -0.2) is 9.97 Å². The van der Waals surface area contributed by atoms with Crippen molar-refractivity contribution in [3.63, 3.8) is 0 Å². The Balaban J connectivity index is 2.00. The van der Waals surface area contributed by atoms with Crippen molar-refractivity contribution in [3.05, 3.63) is 72.7 Å². The lowest BCUT2D eigenvalue weighted by Gasteiger charge is -2.23. The van der Waals surface area contributed by atoms with Crippen LogP contribution in [0.4, 0.5) is 19.0 Å². The summed E-state index contributed by atoms with van der Waals surface area (Å²) in [6.45, 7) is 5.91.